The maximum Gasteiger partial charge on any atom is 0.328 e. The highest BCUT2D eigenvalue weighted by atomic mass is 19.1. The van der Waals surface area contributed by atoms with Crippen LogP contribution >= 0.6 is 0 Å². The van der Waals surface area contributed by atoms with Gasteiger partial charge < -0.3 is 25.3 Å². The molecule has 0 aliphatic carbocycles. The maximum absolute atomic E-state index is 15.5. The van der Waals surface area contributed by atoms with E-state index in [-0.39, 0.29) is 24.1 Å². The topological polar surface area (TPSA) is 134 Å². The van der Waals surface area contributed by atoms with Crippen LogP contribution in [0.15, 0.2) is 64.3 Å². The number of aromatic amines is 1. The van der Waals surface area contributed by atoms with Crippen LogP contribution in [0.5, 0.6) is 5.75 Å². The van der Waals surface area contributed by atoms with Gasteiger partial charge in [-0.3, -0.25) is 19.4 Å². The monoisotopic (exact) mass is 599 g/mol. The summed E-state index contributed by atoms with van der Waals surface area (Å²) in [7, 11) is 2.95. The summed E-state index contributed by atoms with van der Waals surface area (Å²) >= 11 is 0. The van der Waals surface area contributed by atoms with E-state index >= 15 is 4.39 Å². The van der Waals surface area contributed by atoms with E-state index in [1.165, 1.54) is 26.4 Å². The normalized spacial score (nSPS) is 14.4. The molecular formula is C33H34FN5O5. The number of hydrogen-bond donors (Lipinski definition) is 4. The molecule has 44 heavy (non-hydrogen) atoms. The fraction of sp³-hybridized carbons (Fsp3) is 0.273. The summed E-state index contributed by atoms with van der Waals surface area (Å²) in [5, 5.41) is 8.91. The molecule has 4 N–H and O–H groups in total. The van der Waals surface area contributed by atoms with E-state index in [0.29, 0.717) is 35.5 Å². The molecule has 0 unspecified atom stereocenters. The van der Waals surface area contributed by atoms with E-state index in [0.717, 1.165) is 38.8 Å². The average molecular weight is 600 g/mol. The van der Waals surface area contributed by atoms with Crippen LogP contribution < -0.4 is 31.9 Å². The van der Waals surface area contributed by atoms with Gasteiger partial charge in [-0.1, -0.05) is 30.3 Å². The van der Waals surface area contributed by atoms with E-state index in [4.69, 9.17) is 4.74 Å². The second-order valence-electron chi connectivity index (χ2n) is 10.9. The van der Waals surface area contributed by atoms with Crippen LogP contribution in [0.25, 0.3) is 22.3 Å². The summed E-state index contributed by atoms with van der Waals surface area (Å²) in [5.74, 6) is -0.590. The number of nitrogens with one attached hydrogen (secondary N) is 4. The van der Waals surface area contributed by atoms with Gasteiger partial charge >= 0.3 is 5.69 Å². The molecule has 1 saturated heterocycles. The van der Waals surface area contributed by atoms with Crippen LogP contribution in [-0.4, -0.2) is 41.1 Å². The van der Waals surface area contributed by atoms with Crippen molar-refractivity contribution in [2.75, 3.05) is 19.0 Å². The third-order valence-electron chi connectivity index (χ3n) is 8.02. The van der Waals surface area contributed by atoms with E-state index in [9.17, 15) is 19.2 Å². The molecule has 1 fully saturated rings. The highest BCUT2D eigenvalue weighted by Gasteiger charge is 2.21. The van der Waals surface area contributed by atoms with Crippen molar-refractivity contribution in [2.24, 2.45) is 7.05 Å². The molecule has 2 amide bonds. The molecule has 0 saturated carbocycles. The number of ether oxygens (including phenoxy) is 1. The quantitative estimate of drug-likeness (QED) is 0.231. The van der Waals surface area contributed by atoms with Crippen molar-refractivity contribution < 1.29 is 18.7 Å². The number of benzene rings is 3. The van der Waals surface area contributed by atoms with Crippen molar-refractivity contribution in [2.45, 2.75) is 39.3 Å². The van der Waals surface area contributed by atoms with Gasteiger partial charge in [0, 0.05) is 50.0 Å². The number of nitrogens with zero attached hydrogens (tertiary/aromatic N) is 1. The number of methoxy groups -OCH3 is 1. The largest absolute Gasteiger partial charge is 0.496 e. The maximum atomic E-state index is 15.5. The molecule has 1 aromatic heterocycles. The van der Waals surface area contributed by atoms with Gasteiger partial charge in [0.2, 0.25) is 5.91 Å². The van der Waals surface area contributed by atoms with Gasteiger partial charge in [-0.15, -0.1) is 0 Å². The summed E-state index contributed by atoms with van der Waals surface area (Å²) in [6.45, 7) is 4.61. The number of rotatable bonds is 9. The molecule has 1 aliphatic heterocycles. The van der Waals surface area contributed by atoms with Gasteiger partial charge in [-0.25, -0.2) is 9.18 Å². The van der Waals surface area contributed by atoms with Crippen molar-refractivity contribution in [3.63, 3.8) is 0 Å². The minimum Gasteiger partial charge on any atom is -0.496 e. The first kappa shape index (κ1) is 30.4. The Morgan fingerprint density at radius 3 is 2.45 bits per heavy atom. The average Bonchev–Trinajstić information content (AvgIpc) is 3.41. The Morgan fingerprint density at radius 2 is 1.75 bits per heavy atom. The van der Waals surface area contributed by atoms with Crippen molar-refractivity contribution in [3.8, 4) is 28.0 Å². The Bertz CT molecular complexity index is 1880. The van der Waals surface area contributed by atoms with Crippen LogP contribution in [0.2, 0.25) is 0 Å². The highest BCUT2D eigenvalue weighted by Crippen LogP contribution is 2.37. The Morgan fingerprint density at radius 1 is 1.05 bits per heavy atom. The zero-order valence-corrected chi connectivity index (χ0v) is 25.0. The van der Waals surface area contributed by atoms with Gasteiger partial charge in [-0.05, 0) is 71.8 Å². The number of anilines is 1. The SMILES string of the molecule is COc1cc(-c2cccc(-c3cccc(NC(=O)c4cn(C)c(=O)[nH]c4=O)c3C)c2C)cc(F)c1CNC[C@@H]1CCC(=O)N1. The van der Waals surface area contributed by atoms with Gasteiger partial charge in [0.1, 0.15) is 17.1 Å². The lowest BCUT2D eigenvalue weighted by Crippen LogP contribution is -2.35. The standard InChI is InChI=1S/C33H34FN5O5/c1-18-22(20-13-27(34)25(29(14-20)44-4)16-35-15-21-11-12-30(40)36-21)7-5-8-23(18)24-9-6-10-28(19(24)2)37-31(41)26-17-39(3)33(43)38-32(26)42/h5-10,13-14,17,21,35H,11-12,15-16H2,1-4H3,(H,36,40)(H,37,41)(H,38,42,43)/t21-/m0/s1. The first-order chi connectivity index (χ1) is 21.1. The molecular weight excluding hydrogens is 565 g/mol. The second-order valence-corrected chi connectivity index (χ2v) is 10.9. The van der Waals surface area contributed by atoms with E-state index < -0.39 is 23.0 Å². The van der Waals surface area contributed by atoms with Crippen LogP contribution in [-0.2, 0) is 18.4 Å². The van der Waals surface area contributed by atoms with Crippen LogP contribution in [0, 0.1) is 19.7 Å². The fourth-order valence-electron chi connectivity index (χ4n) is 5.54. The van der Waals surface area contributed by atoms with Gasteiger partial charge in [-0.2, -0.15) is 0 Å². The van der Waals surface area contributed by atoms with Crippen molar-refractivity contribution in [1.29, 1.82) is 0 Å². The van der Waals surface area contributed by atoms with Crippen LogP contribution in [0.1, 0.15) is 39.9 Å². The first-order valence-corrected chi connectivity index (χ1v) is 14.2. The summed E-state index contributed by atoms with van der Waals surface area (Å²) < 4.78 is 22.2. The lowest BCUT2D eigenvalue weighted by atomic mass is 9.90. The number of aryl methyl sites for hydroxylation is 1. The third-order valence-corrected chi connectivity index (χ3v) is 8.02. The molecule has 228 valence electrons. The van der Waals surface area contributed by atoms with E-state index in [2.05, 4.69) is 20.9 Å². The summed E-state index contributed by atoms with van der Waals surface area (Å²) in [6.07, 6.45) is 2.46. The number of hydrogen-bond acceptors (Lipinski definition) is 6. The summed E-state index contributed by atoms with van der Waals surface area (Å²) in [6, 6.07) is 14.6. The van der Waals surface area contributed by atoms with Gasteiger partial charge in [0.15, 0.2) is 0 Å². The van der Waals surface area contributed by atoms with Crippen molar-refractivity contribution in [3.05, 3.63) is 104 Å². The molecule has 4 aromatic rings. The number of carbonyl (C=O) groups is 2. The van der Waals surface area contributed by atoms with Crippen molar-refractivity contribution >= 4 is 17.5 Å². The number of H-pyrrole nitrogens is 1. The molecule has 10 nitrogen and oxygen atoms in total. The number of halogens is 1. The third kappa shape index (κ3) is 6.18. The molecule has 11 heteroatoms. The van der Waals surface area contributed by atoms with Crippen molar-refractivity contribution in [1.82, 2.24) is 20.2 Å². The lowest BCUT2D eigenvalue weighted by Gasteiger charge is -2.18. The Labute approximate surface area is 253 Å². The van der Waals surface area contributed by atoms with Gasteiger partial charge in [0.05, 0.1) is 7.11 Å². The summed E-state index contributed by atoms with van der Waals surface area (Å²) in [4.78, 5) is 50.5. The fourth-order valence-corrected chi connectivity index (χ4v) is 5.54. The minimum atomic E-state index is -0.769. The Kier molecular flexibility index (Phi) is 8.77. The molecule has 1 atom stereocenters. The minimum absolute atomic E-state index is 0.0343. The summed E-state index contributed by atoms with van der Waals surface area (Å²) in [5.41, 5.74) is 4.23. The predicted octanol–water partition coefficient (Wildman–Crippen LogP) is 3.79. The molecule has 0 bridgehead atoms. The molecule has 3 aromatic carbocycles. The molecule has 5 rings (SSSR count). The van der Waals surface area contributed by atoms with Crippen LogP contribution in [0.4, 0.5) is 10.1 Å². The first-order valence-electron chi connectivity index (χ1n) is 14.2. The number of amides is 2. The smallest absolute Gasteiger partial charge is 0.328 e. The second kappa shape index (κ2) is 12.7. The molecule has 0 radical (unpaired) electrons. The van der Waals surface area contributed by atoms with E-state index in [1.807, 2.05) is 44.2 Å². The zero-order chi connectivity index (χ0) is 31.5. The van der Waals surface area contributed by atoms with Gasteiger partial charge in [0.25, 0.3) is 11.5 Å². The predicted molar refractivity (Wildman–Crippen MR) is 166 cm³/mol. The zero-order valence-electron chi connectivity index (χ0n) is 25.0. The van der Waals surface area contributed by atoms with Crippen LogP contribution in [0.3, 0.4) is 0 Å². The highest BCUT2D eigenvalue weighted by molar-refractivity contribution is 6.04. The molecule has 1 aliphatic rings. The number of carbonyl (C=O) groups excluding carboxylic acids is 2. The number of aromatic nitrogens is 2. The Balaban J connectivity index is 1.42. The van der Waals surface area contributed by atoms with E-state index in [1.54, 1.807) is 12.1 Å². The molecule has 2 heterocycles. The molecule has 0 spiro atoms. The Hall–Kier alpha value is -5.03. The lowest BCUT2D eigenvalue weighted by molar-refractivity contribution is -0.119.